The Kier molecular flexibility index (Phi) is 7.82. The standard InChI is InChI=1S/C25H23N3O4/c1-31-23-16-18(17-26)13-14-22(23)32-15-7-12-24(29)27-20-10-5-6-11-21(20)28-25(30)19-8-3-2-4-9-19/h2-6,8-11,13-14,16H,7,12,15H2,1H3,(H,27,29)(H,28,30). The molecule has 0 radical (unpaired) electrons. The van der Waals surface area contributed by atoms with Gasteiger partial charge in [-0.15, -0.1) is 0 Å². The number of carbonyl (C=O) groups is 2. The number of ether oxygens (including phenoxy) is 2. The van der Waals surface area contributed by atoms with Crippen LogP contribution in [0.2, 0.25) is 0 Å². The molecule has 7 nitrogen and oxygen atoms in total. The van der Waals surface area contributed by atoms with E-state index >= 15 is 0 Å². The van der Waals surface area contributed by atoms with E-state index in [2.05, 4.69) is 10.6 Å². The fourth-order valence-corrected chi connectivity index (χ4v) is 2.97. The number of methoxy groups -OCH3 is 1. The largest absolute Gasteiger partial charge is 0.493 e. The molecule has 0 aromatic heterocycles. The summed E-state index contributed by atoms with van der Waals surface area (Å²) in [6, 6.07) is 22.9. The number of hydrogen-bond acceptors (Lipinski definition) is 5. The first kappa shape index (κ1) is 22.4. The molecule has 0 saturated heterocycles. The van der Waals surface area contributed by atoms with Gasteiger partial charge in [0.05, 0.1) is 36.7 Å². The molecule has 2 N–H and O–H groups in total. The molecule has 0 atom stereocenters. The van der Waals surface area contributed by atoms with Crippen molar-refractivity contribution in [3.05, 3.63) is 83.9 Å². The Morgan fingerprint density at radius 2 is 1.59 bits per heavy atom. The summed E-state index contributed by atoms with van der Waals surface area (Å²) in [7, 11) is 1.50. The van der Waals surface area contributed by atoms with Gasteiger partial charge in [0.1, 0.15) is 0 Å². The Morgan fingerprint density at radius 1 is 0.906 bits per heavy atom. The van der Waals surface area contributed by atoms with E-state index in [1.165, 1.54) is 7.11 Å². The molecule has 0 aliphatic heterocycles. The zero-order valence-electron chi connectivity index (χ0n) is 17.6. The second-order valence-electron chi connectivity index (χ2n) is 6.84. The highest BCUT2D eigenvalue weighted by atomic mass is 16.5. The van der Waals surface area contributed by atoms with Crippen molar-refractivity contribution in [3.8, 4) is 17.6 Å². The second-order valence-corrected chi connectivity index (χ2v) is 6.84. The number of amides is 2. The Bertz CT molecular complexity index is 1120. The third-order valence-corrected chi connectivity index (χ3v) is 4.58. The van der Waals surface area contributed by atoms with Gasteiger partial charge in [0.15, 0.2) is 11.5 Å². The van der Waals surface area contributed by atoms with E-state index in [1.54, 1.807) is 66.7 Å². The van der Waals surface area contributed by atoms with Gasteiger partial charge in [0.2, 0.25) is 5.91 Å². The molecule has 0 bridgehead atoms. The summed E-state index contributed by atoms with van der Waals surface area (Å²) in [4.78, 5) is 24.8. The maximum absolute atomic E-state index is 12.4. The number of benzene rings is 3. The lowest BCUT2D eigenvalue weighted by Crippen LogP contribution is -2.17. The topological polar surface area (TPSA) is 100 Å². The molecular formula is C25H23N3O4. The molecule has 3 aromatic rings. The number of anilines is 2. The monoisotopic (exact) mass is 429 g/mol. The van der Waals surface area contributed by atoms with Gasteiger partial charge in [-0.05, 0) is 42.8 Å². The third-order valence-electron chi connectivity index (χ3n) is 4.58. The van der Waals surface area contributed by atoms with Crippen LogP contribution in [0.4, 0.5) is 11.4 Å². The Balaban J connectivity index is 1.51. The molecule has 0 fully saturated rings. The Hall–Kier alpha value is -4.31. The van der Waals surface area contributed by atoms with Crippen LogP contribution in [0, 0.1) is 11.3 Å². The quantitative estimate of drug-likeness (QED) is 0.484. The average molecular weight is 429 g/mol. The zero-order chi connectivity index (χ0) is 22.8. The van der Waals surface area contributed by atoms with Gasteiger partial charge >= 0.3 is 0 Å². The fourth-order valence-electron chi connectivity index (χ4n) is 2.97. The Morgan fingerprint density at radius 3 is 2.28 bits per heavy atom. The van der Waals surface area contributed by atoms with Gasteiger partial charge in [-0.1, -0.05) is 30.3 Å². The summed E-state index contributed by atoms with van der Waals surface area (Å²) in [5, 5.41) is 14.6. The molecule has 0 saturated carbocycles. The molecule has 0 aliphatic rings. The van der Waals surface area contributed by atoms with Crippen molar-refractivity contribution >= 4 is 23.2 Å². The van der Waals surface area contributed by atoms with Gasteiger partial charge in [-0.25, -0.2) is 0 Å². The number of nitrogens with zero attached hydrogens (tertiary/aromatic N) is 1. The SMILES string of the molecule is COc1cc(C#N)ccc1OCCCC(=O)Nc1ccccc1NC(=O)c1ccccc1. The van der Waals surface area contributed by atoms with E-state index in [0.29, 0.717) is 47.0 Å². The van der Waals surface area contributed by atoms with Crippen molar-refractivity contribution in [1.82, 2.24) is 0 Å². The summed E-state index contributed by atoms with van der Waals surface area (Å²) < 4.78 is 10.9. The van der Waals surface area contributed by atoms with Crippen LogP contribution >= 0.6 is 0 Å². The van der Waals surface area contributed by atoms with Crippen LogP contribution in [-0.4, -0.2) is 25.5 Å². The van der Waals surface area contributed by atoms with Crippen molar-refractivity contribution < 1.29 is 19.1 Å². The van der Waals surface area contributed by atoms with Crippen LogP contribution in [0.25, 0.3) is 0 Å². The van der Waals surface area contributed by atoms with Gasteiger partial charge in [0, 0.05) is 18.1 Å². The first-order valence-corrected chi connectivity index (χ1v) is 10.1. The van der Waals surface area contributed by atoms with Crippen molar-refractivity contribution in [2.24, 2.45) is 0 Å². The molecule has 2 amide bonds. The van der Waals surface area contributed by atoms with Crippen LogP contribution in [0.15, 0.2) is 72.8 Å². The van der Waals surface area contributed by atoms with Gasteiger partial charge < -0.3 is 20.1 Å². The van der Waals surface area contributed by atoms with E-state index in [4.69, 9.17) is 14.7 Å². The lowest BCUT2D eigenvalue weighted by molar-refractivity contribution is -0.116. The van der Waals surface area contributed by atoms with Crippen molar-refractivity contribution in [3.63, 3.8) is 0 Å². The molecule has 32 heavy (non-hydrogen) atoms. The maximum atomic E-state index is 12.4. The lowest BCUT2D eigenvalue weighted by atomic mass is 10.2. The van der Waals surface area contributed by atoms with Crippen molar-refractivity contribution in [1.29, 1.82) is 5.26 Å². The average Bonchev–Trinajstić information content (AvgIpc) is 2.83. The van der Waals surface area contributed by atoms with Crippen LogP contribution < -0.4 is 20.1 Å². The second kappa shape index (κ2) is 11.2. The molecule has 0 aliphatic carbocycles. The number of nitrogens with one attached hydrogen (secondary N) is 2. The van der Waals surface area contributed by atoms with Gasteiger partial charge in [0.25, 0.3) is 5.91 Å². The molecule has 7 heteroatoms. The Labute approximate surface area is 186 Å². The molecular weight excluding hydrogens is 406 g/mol. The molecule has 3 rings (SSSR count). The predicted molar refractivity (Wildman–Crippen MR) is 122 cm³/mol. The predicted octanol–water partition coefficient (Wildman–Crippen LogP) is 4.62. The highest BCUT2D eigenvalue weighted by Gasteiger charge is 2.11. The zero-order valence-corrected chi connectivity index (χ0v) is 17.6. The van der Waals surface area contributed by atoms with E-state index in [-0.39, 0.29) is 18.2 Å². The maximum Gasteiger partial charge on any atom is 0.255 e. The number of nitriles is 1. The minimum Gasteiger partial charge on any atom is -0.493 e. The van der Waals surface area contributed by atoms with Crippen LogP contribution in [0.1, 0.15) is 28.8 Å². The van der Waals surface area contributed by atoms with Gasteiger partial charge in [-0.2, -0.15) is 5.26 Å². The first-order chi connectivity index (χ1) is 15.6. The van der Waals surface area contributed by atoms with Crippen molar-refractivity contribution in [2.75, 3.05) is 24.4 Å². The molecule has 162 valence electrons. The van der Waals surface area contributed by atoms with Crippen LogP contribution in [0.5, 0.6) is 11.5 Å². The van der Waals surface area contributed by atoms with Gasteiger partial charge in [-0.3, -0.25) is 9.59 Å². The summed E-state index contributed by atoms with van der Waals surface area (Å²) in [6.07, 6.45) is 0.715. The molecule has 0 spiro atoms. The molecule has 0 heterocycles. The summed E-state index contributed by atoms with van der Waals surface area (Å²) in [5.41, 5.74) is 2.06. The van der Waals surface area contributed by atoms with E-state index in [0.717, 1.165) is 0 Å². The number of hydrogen-bond donors (Lipinski definition) is 2. The number of carbonyl (C=O) groups excluding carboxylic acids is 2. The number of para-hydroxylation sites is 2. The van der Waals surface area contributed by atoms with E-state index in [1.807, 2.05) is 12.1 Å². The third kappa shape index (κ3) is 6.09. The number of rotatable bonds is 9. The normalized spacial score (nSPS) is 10.0. The first-order valence-electron chi connectivity index (χ1n) is 10.1. The van der Waals surface area contributed by atoms with Crippen LogP contribution in [0.3, 0.4) is 0 Å². The van der Waals surface area contributed by atoms with E-state index < -0.39 is 0 Å². The summed E-state index contributed by atoms with van der Waals surface area (Å²) in [5.74, 6) is 0.538. The summed E-state index contributed by atoms with van der Waals surface area (Å²) >= 11 is 0. The fraction of sp³-hybridized carbons (Fsp3) is 0.160. The van der Waals surface area contributed by atoms with Crippen LogP contribution in [-0.2, 0) is 4.79 Å². The highest BCUT2D eigenvalue weighted by Crippen LogP contribution is 2.28. The van der Waals surface area contributed by atoms with Crippen molar-refractivity contribution in [2.45, 2.75) is 12.8 Å². The lowest BCUT2D eigenvalue weighted by Gasteiger charge is -2.13. The smallest absolute Gasteiger partial charge is 0.255 e. The van der Waals surface area contributed by atoms with E-state index in [9.17, 15) is 9.59 Å². The summed E-state index contributed by atoms with van der Waals surface area (Å²) in [6.45, 7) is 0.308. The molecule has 3 aromatic carbocycles. The minimum atomic E-state index is -0.253. The molecule has 0 unspecified atom stereocenters. The minimum absolute atomic E-state index is 0.193. The highest BCUT2D eigenvalue weighted by molar-refractivity contribution is 6.07.